The van der Waals surface area contributed by atoms with Gasteiger partial charge in [-0.05, 0) is 36.1 Å². The molecule has 0 bridgehead atoms. The van der Waals surface area contributed by atoms with Gasteiger partial charge in [-0.15, -0.1) is 0 Å². The number of allylic oxidation sites excluding steroid dienone is 1. The van der Waals surface area contributed by atoms with Crippen LogP contribution in [0.2, 0.25) is 0 Å². The third kappa shape index (κ3) is 3.32. The molecule has 28 heavy (non-hydrogen) atoms. The first-order chi connectivity index (χ1) is 13.6. The van der Waals surface area contributed by atoms with E-state index in [0.29, 0.717) is 34.4 Å². The summed E-state index contributed by atoms with van der Waals surface area (Å²) in [7, 11) is -3.53. The van der Waals surface area contributed by atoms with E-state index < -0.39 is 15.1 Å². The zero-order chi connectivity index (χ0) is 19.6. The fourth-order valence-corrected chi connectivity index (χ4v) is 5.51. The first-order valence-corrected chi connectivity index (χ1v) is 10.8. The second-order valence-corrected chi connectivity index (χ2v) is 8.98. The molecule has 4 heteroatoms. The maximum atomic E-state index is 13.3. The first kappa shape index (κ1) is 18.4. The molecule has 1 saturated carbocycles. The van der Waals surface area contributed by atoms with Gasteiger partial charge < -0.3 is 0 Å². The Bertz CT molecular complexity index is 1120. The number of carbonyl (C=O) groups is 1. The molecule has 0 heterocycles. The van der Waals surface area contributed by atoms with Crippen molar-refractivity contribution in [2.45, 2.75) is 23.0 Å². The van der Waals surface area contributed by atoms with Crippen molar-refractivity contribution >= 4 is 21.2 Å². The van der Waals surface area contributed by atoms with E-state index >= 15 is 0 Å². The van der Waals surface area contributed by atoms with Gasteiger partial charge in [-0.25, -0.2) is 8.42 Å². The number of carbonyl (C=O) groups excluding carboxylic acids is 1. The molecule has 1 aliphatic carbocycles. The van der Waals surface area contributed by atoms with Gasteiger partial charge in [-0.2, -0.15) is 0 Å². The number of benzene rings is 3. The molecule has 0 radical (unpaired) electrons. The Balaban J connectivity index is 1.84. The van der Waals surface area contributed by atoms with Crippen LogP contribution in [0, 0.1) is 0 Å². The average molecular weight is 388 g/mol. The molecule has 1 atom stereocenters. The van der Waals surface area contributed by atoms with E-state index in [1.807, 2.05) is 48.5 Å². The second kappa shape index (κ2) is 7.56. The van der Waals surface area contributed by atoms with Crippen LogP contribution < -0.4 is 0 Å². The minimum atomic E-state index is -3.53. The molecule has 0 aliphatic heterocycles. The van der Waals surface area contributed by atoms with Crippen LogP contribution in [0.3, 0.4) is 0 Å². The van der Waals surface area contributed by atoms with Crippen LogP contribution in [0.5, 0.6) is 0 Å². The van der Waals surface area contributed by atoms with Crippen molar-refractivity contribution in [3.63, 3.8) is 0 Å². The monoisotopic (exact) mass is 388 g/mol. The van der Waals surface area contributed by atoms with Crippen molar-refractivity contribution in [2.75, 3.05) is 0 Å². The van der Waals surface area contributed by atoms with Crippen LogP contribution >= 0.6 is 0 Å². The third-order valence-corrected chi connectivity index (χ3v) is 7.36. The molecular formula is C24H20O3S. The molecule has 0 aromatic heterocycles. The topological polar surface area (TPSA) is 51.2 Å². The highest BCUT2D eigenvalue weighted by atomic mass is 32.2. The van der Waals surface area contributed by atoms with E-state index in [-0.39, 0.29) is 5.78 Å². The fraction of sp³-hybridized carbons (Fsp3) is 0.125. The summed E-state index contributed by atoms with van der Waals surface area (Å²) in [4.78, 5) is 13.6. The van der Waals surface area contributed by atoms with Gasteiger partial charge in [0.05, 0.1) is 10.1 Å². The first-order valence-electron chi connectivity index (χ1n) is 9.26. The van der Waals surface area contributed by atoms with Gasteiger partial charge in [-0.1, -0.05) is 78.9 Å². The average Bonchev–Trinajstić information content (AvgIpc) is 2.72. The summed E-state index contributed by atoms with van der Waals surface area (Å²) < 4.78 is 26.3. The van der Waals surface area contributed by atoms with Crippen molar-refractivity contribution in [3.8, 4) is 0 Å². The van der Waals surface area contributed by atoms with Gasteiger partial charge in [0.1, 0.15) is 0 Å². The molecule has 4 rings (SSSR count). The van der Waals surface area contributed by atoms with Crippen molar-refractivity contribution in [2.24, 2.45) is 0 Å². The van der Waals surface area contributed by atoms with E-state index in [0.717, 1.165) is 5.56 Å². The molecule has 1 unspecified atom stereocenters. The van der Waals surface area contributed by atoms with E-state index in [1.165, 1.54) is 0 Å². The molecule has 3 aromatic carbocycles. The van der Waals surface area contributed by atoms with E-state index in [2.05, 4.69) is 0 Å². The molecule has 0 N–H and O–H groups in total. The lowest BCUT2D eigenvalue weighted by molar-refractivity contribution is 0.105. The number of sulfone groups is 1. The maximum absolute atomic E-state index is 13.3. The smallest absolute Gasteiger partial charge is 0.193 e. The lowest BCUT2D eigenvalue weighted by Crippen LogP contribution is -2.33. The van der Waals surface area contributed by atoms with Gasteiger partial charge in [0.15, 0.2) is 15.6 Å². The van der Waals surface area contributed by atoms with Crippen LogP contribution in [-0.4, -0.2) is 19.5 Å². The molecule has 0 spiro atoms. The van der Waals surface area contributed by atoms with Crippen molar-refractivity contribution in [1.82, 2.24) is 0 Å². The van der Waals surface area contributed by atoms with E-state index in [9.17, 15) is 13.2 Å². The Labute approximate surface area is 165 Å². The van der Waals surface area contributed by atoms with Crippen LogP contribution in [0.15, 0.2) is 101 Å². The highest BCUT2D eigenvalue weighted by Gasteiger charge is 2.40. The van der Waals surface area contributed by atoms with Gasteiger partial charge in [0, 0.05) is 11.1 Å². The Morgan fingerprint density at radius 1 is 0.714 bits per heavy atom. The van der Waals surface area contributed by atoms with Crippen molar-refractivity contribution in [3.05, 3.63) is 108 Å². The number of hydrogen-bond acceptors (Lipinski definition) is 3. The highest BCUT2D eigenvalue weighted by Crippen LogP contribution is 2.42. The summed E-state index contributed by atoms with van der Waals surface area (Å²) >= 11 is 0. The molecule has 3 aromatic rings. The lowest BCUT2D eigenvalue weighted by Gasteiger charge is -2.32. The van der Waals surface area contributed by atoms with Crippen LogP contribution in [0.4, 0.5) is 0 Å². The zero-order valence-corrected chi connectivity index (χ0v) is 16.1. The summed E-state index contributed by atoms with van der Waals surface area (Å²) in [5.41, 5.74) is 2.56. The van der Waals surface area contributed by atoms with E-state index in [1.54, 1.807) is 42.5 Å². The fourth-order valence-electron chi connectivity index (χ4n) is 3.61. The molecule has 0 amide bonds. The van der Waals surface area contributed by atoms with Crippen molar-refractivity contribution in [1.29, 1.82) is 0 Å². The summed E-state index contributed by atoms with van der Waals surface area (Å²) in [6.07, 6.45) is 1.14. The van der Waals surface area contributed by atoms with E-state index in [4.69, 9.17) is 0 Å². The third-order valence-electron chi connectivity index (χ3n) is 5.16. The quantitative estimate of drug-likeness (QED) is 0.458. The molecule has 1 aliphatic rings. The predicted molar refractivity (Wildman–Crippen MR) is 111 cm³/mol. The summed E-state index contributed by atoms with van der Waals surface area (Å²) in [5.74, 6) is -0.130. The van der Waals surface area contributed by atoms with Crippen LogP contribution in [0.1, 0.15) is 28.8 Å². The highest BCUT2D eigenvalue weighted by molar-refractivity contribution is 7.92. The Hall–Kier alpha value is -2.98. The normalized spacial score (nSPS) is 18.2. The molecule has 140 valence electrons. The Morgan fingerprint density at radius 3 is 1.71 bits per heavy atom. The van der Waals surface area contributed by atoms with Crippen LogP contribution in [-0.2, 0) is 9.84 Å². The minimum absolute atomic E-state index is 0.130. The number of rotatable bonds is 5. The molecule has 1 fully saturated rings. The standard InChI is InChI=1S/C24H20O3S/c25-24(19-12-6-2-7-13-19)23(18-10-4-1-5-11-18)21-16-17-22(21)28(26,27)20-14-8-3-9-15-20/h1-15,22H,16-17H2/b23-21-. The predicted octanol–water partition coefficient (Wildman–Crippen LogP) is 4.96. The minimum Gasteiger partial charge on any atom is -0.289 e. The molecule has 0 saturated heterocycles. The molecule has 3 nitrogen and oxygen atoms in total. The SMILES string of the molecule is O=C(/C(=C1/CCC1S(=O)(=O)c1ccccc1)c1ccccc1)c1ccccc1. The number of Topliss-reactive ketones (excluding diaryl/α,β-unsaturated/α-hetero) is 1. The second-order valence-electron chi connectivity index (χ2n) is 6.85. The van der Waals surface area contributed by atoms with Gasteiger partial charge in [0.25, 0.3) is 0 Å². The number of ketones is 1. The Morgan fingerprint density at radius 2 is 1.21 bits per heavy atom. The summed E-state index contributed by atoms with van der Waals surface area (Å²) in [6.45, 7) is 0. The summed E-state index contributed by atoms with van der Waals surface area (Å²) in [6, 6.07) is 26.9. The Kier molecular flexibility index (Phi) is 4.97. The van der Waals surface area contributed by atoms with Gasteiger partial charge in [0.2, 0.25) is 0 Å². The lowest BCUT2D eigenvalue weighted by atomic mass is 9.81. The zero-order valence-electron chi connectivity index (χ0n) is 15.3. The maximum Gasteiger partial charge on any atom is 0.193 e. The van der Waals surface area contributed by atoms with Gasteiger partial charge >= 0.3 is 0 Å². The van der Waals surface area contributed by atoms with Crippen molar-refractivity contribution < 1.29 is 13.2 Å². The van der Waals surface area contributed by atoms with Gasteiger partial charge in [-0.3, -0.25) is 4.79 Å². The summed E-state index contributed by atoms with van der Waals surface area (Å²) in [5, 5.41) is -0.655. The number of hydrogen-bond donors (Lipinski definition) is 0. The molecular weight excluding hydrogens is 368 g/mol. The van der Waals surface area contributed by atoms with Crippen LogP contribution in [0.25, 0.3) is 5.57 Å². The largest absolute Gasteiger partial charge is 0.289 e.